The van der Waals surface area contributed by atoms with Gasteiger partial charge in [-0.1, -0.05) is 31.7 Å². The summed E-state index contributed by atoms with van der Waals surface area (Å²) < 4.78 is 3.63. The number of aliphatic imine (C=N–C) groups is 1. The first-order valence-electron chi connectivity index (χ1n) is 12.7. The Morgan fingerprint density at radius 3 is 2.72 bits per heavy atom. The quantitative estimate of drug-likeness (QED) is 0.323. The number of hydrogen-bond acceptors (Lipinski definition) is 4. The van der Waals surface area contributed by atoms with E-state index in [0.717, 1.165) is 66.5 Å². The van der Waals surface area contributed by atoms with E-state index in [0.29, 0.717) is 11.4 Å². The van der Waals surface area contributed by atoms with Crippen molar-refractivity contribution in [3.05, 3.63) is 94.8 Å². The summed E-state index contributed by atoms with van der Waals surface area (Å²) in [6.07, 6.45) is 9.50. The van der Waals surface area contributed by atoms with Crippen LogP contribution in [0.5, 0.6) is 0 Å². The number of H-pyrrole nitrogens is 1. The van der Waals surface area contributed by atoms with Crippen LogP contribution in [0.3, 0.4) is 0 Å². The SMILES string of the molecule is C=CN=C(c1nc[nH]c1C)N1CCCC1C(C)c1nn2ccc(C3CC3)c2c(=O)n1-c1ccccc1. The summed E-state index contributed by atoms with van der Waals surface area (Å²) in [5.74, 6) is 2.00. The third-order valence-corrected chi connectivity index (χ3v) is 7.59. The fourth-order valence-electron chi connectivity index (χ4n) is 5.64. The van der Waals surface area contributed by atoms with Crippen LogP contribution >= 0.6 is 0 Å². The summed E-state index contributed by atoms with van der Waals surface area (Å²) in [6, 6.07) is 12.1. The van der Waals surface area contributed by atoms with Crippen LogP contribution in [0.2, 0.25) is 0 Å². The number of amidine groups is 1. The Morgan fingerprint density at radius 1 is 1.22 bits per heavy atom. The van der Waals surface area contributed by atoms with Gasteiger partial charge >= 0.3 is 0 Å². The molecule has 8 nitrogen and oxygen atoms in total. The highest BCUT2D eigenvalue weighted by Crippen LogP contribution is 2.42. The fraction of sp³-hybridized carbons (Fsp3) is 0.357. The largest absolute Gasteiger partial charge is 0.351 e. The molecule has 2 unspecified atom stereocenters. The third-order valence-electron chi connectivity index (χ3n) is 7.59. The van der Waals surface area contributed by atoms with Crippen molar-refractivity contribution in [1.29, 1.82) is 0 Å². The average molecular weight is 482 g/mol. The van der Waals surface area contributed by atoms with Crippen molar-refractivity contribution < 1.29 is 0 Å². The highest BCUT2D eigenvalue weighted by atomic mass is 16.1. The van der Waals surface area contributed by atoms with E-state index in [4.69, 9.17) is 5.10 Å². The van der Waals surface area contributed by atoms with E-state index < -0.39 is 0 Å². The van der Waals surface area contributed by atoms with E-state index in [1.165, 1.54) is 0 Å². The molecule has 6 rings (SSSR count). The number of rotatable bonds is 6. The minimum Gasteiger partial charge on any atom is -0.351 e. The average Bonchev–Trinajstić information content (AvgIpc) is 3.26. The zero-order valence-electron chi connectivity index (χ0n) is 20.8. The van der Waals surface area contributed by atoms with Crippen LogP contribution in [-0.4, -0.2) is 47.5 Å². The van der Waals surface area contributed by atoms with Crippen molar-refractivity contribution in [3.63, 3.8) is 0 Å². The van der Waals surface area contributed by atoms with E-state index >= 15 is 0 Å². The molecule has 1 aliphatic carbocycles. The van der Waals surface area contributed by atoms with Crippen molar-refractivity contribution in [2.24, 2.45) is 4.99 Å². The Bertz CT molecular complexity index is 1510. The van der Waals surface area contributed by atoms with Crippen LogP contribution in [0.25, 0.3) is 11.2 Å². The van der Waals surface area contributed by atoms with Gasteiger partial charge in [0, 0.05) is 36.6 Å². The summed E-state index contributed by atoms with van der Waals surface area (Å²) >= 11 is 0. The molecular weight excluding hydrogens is 450 g/mol. The molecule has 8 heteroatoms. The maximum absolute atomic E-state index is 14.1. The van der Waals surface area contributed by atoms with E-state index in [2.05, 4.69) is 39.4 Å². The molecule has 2 aliphatic rings. The Hall–Kier alpha value is -3.94. The summed E-state index contributed by atoms with van der Waals surface area (Å²) in [4.78, 5) is 28.7. The second-order valence-corrected chi connectivity index (χ2v) is 9.88. The Balaban J connectivity index is 1.49. The van der Waals surface area contributed by atoms with Crippen molar-refractivity contribution in [2.45, 2.75) is 57.4 Å². The van der Waals surface area contributed by atoms with Gasteiger partial charge in [-0.2, -0.15) is 5.10 Å². The van der Waals surface area contributed by atoms with E-state index in [9.17, 15) is 4.79 Å². The molecule has 2 atom stereocenters. The maximum atomic E-state index is 14.1. The number of aromatic nitrogens is 5. The van der Waals surface area contributed by atoms with Crippen molar-refractivity contribution in [3.8, 4) is 5.69 Å². The predicted octanol–water partition coefficient (Wildman–Crippen LogP) is 4.55. The monoisotopic (exact) mass is 481 g/mol. The zero-order chi connectivity index (χ0) is 24.8. The predicted molar refractivity (Wildman–Crippen MR) is 141 cm³/mol. The molecule has 0 spiro atoms. The zero-order valence-corrected chi connectivity index (χ0v) is 20.8. The smallest absolute Gasteiger partial charge is 0.282 e. The summed E-state index contributed by atoms with van der Waals surface area (Å²) in [6.45, 7) is 8.88. The first-order valence-corrected chi connectivity index (χ1v) is 12.7. The van der Waals surface area contributed by atoms with Gasteiger partial charge in [-0.3, -0.25) is 9.36 Å². The number of nitrogens with one attached hydrogen (secondary N) is 1. The number of fused-ring (bicyclic) bond motifs is 1. The lowest BCUT2D eigenvalue weighted by molar-refractivity contribution is 0.333. The molecule has 1 saturated heterocycles. The molecule has 184 valence electrons. The molecule has 3 aromatic heterocycles. The maximum Gasteiger partial charge on any atom is 0.282 e. The molecule has 36 heavy (non-hydrogen) atoms. The number of para-hydroxylation sites is 1. The summed E-state index contributed by atoms with van der Waals surface area (Å²) in [5, 5.41) is 5.08. The van der Waals surface area contributed by atoms with E-state index in [1.54, 1.807) is 17.0 Å². The number of imidazole rings is 1. The van der Waals surface area contributed by atoms with Gasteiger partial charge in [-0.05, 0) is 62.3 Å². The minimum atomic E-state index is -0.0363. The lowest BCUT2D eigenvalue weighted by atomic mass is 9.97. The summed E-state index contributed by atoms with van der Waals surface area (Å²) in [5.41, 5.74) is 4.45. The van der Waals surface area contributed by atoms with Gasteiger partial charge in [0.05, 0.1) is 12.0 Å². The standard InChI is InChI=1S/C28H31N7O/c1-4-29-27(24-19(3)30-17-31-24)33-15-8-11-23(33)18(2)26-32-34-16-14-22(20-12-13-20)25(34)28(36)35(26)21-9-6-5-7-10-21/h4-7,9-10,14,16-18,20,23H,1,8,11-13,15H2,2-3H3,(H,30,31). The molecule has 4 heterocycles. The lowest BCUT2D eigenvalue weighted by Crippen LogP contribution is -2.41. The number of aromatic amines is 1. The molecule has 1 aromatic carbocycles. The fourth-order valence-corrected chi connectivity index (χ4v) is 5.64. The summed E-state index contributed by atoms with van der Waals surface area (Å²) in [7, 11) is 0. The molecule has 0 amide bonds. The van der Waals surface area contributed by atoms with Crippen LogP contribution in [-0.2, 0) is 0 Å². The molecule has 0 bridgehead atoms. The second-order valence-electron chi connectivity index (χ2n) is 9.88. The second kappa shape index (κ2) is 8.93. The van der Waals surface area contributed by atoms with Gasteiger partial charge < -0.3 is 9.88 Å². The first-order chi connectivity index (χ1) is 17.6. The van der Waals surface area contributed by atoms with Crippen LogP contribution < -0.4 is 5.56 Å². The Labute approximate surface area is 210 Å². The van der Waals surface area contributed by atoms with Gasteiger partial charge in [0.15, 0.2) is 5.84 Å². The normalized spacial score (nSPS) is 19.2. The highest BCUT2D eigenvalue weighted by molar-refractivity contribution is 5.98. The van der Waals surface area contributed by atoms with Crippen LogP contribution in [0.15, 0.2) is 71.5 Å². The molecular formula is C28H31N7O. The number of nitrogens with zero attached hydrogens (tertiary/aromatic N) is 6. The van der Waals surface area contributed by atoms with E-state index in [1.807, 2.05) is 48.0 Å². The van der Waals surface area contributed by atoms with Crippen molar-refractivity contribution in [2.75, 3.05) is 6.54 Å². The lowest BCUT2D eigenvalue weighted by Gasteiger charge is -2.32. The molecule has 2 fully saturated rings. The minimum absolute atomic E-state index is 0.00220. The third kappa shape index (κ3) is 3.68. The number of hydrogen-bond donors (Lipinski definition) is 1. The van der Waals surface area contributed by atoms with Crippen molar-refractivity contribution >= 4 is 11.4 Å². The molecule has 0 radical (unpaired) electrons. The van der Waals surface area contributed by atoms with Gasteiger partial charge in [0.1, 0.15) is 17.0 Å². The van der Waals surface area contributed by atoms with Crippen LogP contribution in [0.1, 0.15) is 67.2 Å². The van der Waals surface area contributed by atoms with Gasteiger partial charge in [-0.15, -0.1) is 0 Å². The number of likely N-dealkylation sites (tertiary alicyclic amines) is 1. The van der Waals surface area contributed by atoms with E-state index in [-0.39, 0.29) is 17.5 Å². The Morgan fingerprint density at radius 2 is 2.03 bits per heavy atom. The molecule has 1 N–H and O–H groups in total. The van der Waals surface area contributed by atoms with Crippen LogP contribution in [0.4, 0.5) is 0 Å². The molecule has 1 aliphatic heterocycles. The van der Waals surface area contributed by atoms with Gasteiger partial charge in [0.2, 0.25) is 0 Å². The van der Waals surface area contributed by atoms with Crippen LogP contribution in [0, 0.1) is 6.92 Å². The number of aryl methyl sites for hydroxylation is 1. The first kappa shape index (κ1) is 22.5. The van der Waals surface area contributed by atoms with Gasteiger partial charge in [-0.25, -0.2) is 14.5 Å². The number of benzene rings is 1. The Kier molecular flexibility index (Phi) is 5.59. The van der Waals surface area contributed by atoms with Gasteiger partial charge in [0.25, 0.3) is 5.56 Å². The van der Waals surface area contributed by atoms with Crippen molar-refractivity contribution in [1.82, 2.24) is 29.0 Å². The highest BCUT2D eigenvalue weighted by Gasteiger charge is 2.37. The topological polar surface area (TPSA) is 83.6 Å². The molecule has 4 aromatic rings. The molecule has 1 saturated carbocycles.